The quantitative estimate of drug-likeness (QED) is 0.587. The number of rotatable bonds is 6. The predicted octanol–water partition coefficient (Wildman–Crippen LogP) is 1.63. The number of aliphatic carboxylic acids is 2. The maximum absolute atomic E-state index is 10.8. The molecule has 96 valence electrons. The molecular formula is C11H11NO6. The van der Waals surface area contributed by atoms with Crippen LogP contribution in [0.25, 0.3) is 0 Å². The zero-order valence-corrected chi connectivity index (χ0v) is 9.28. The summed E-state index contributed by atoms with van der Waals surface area (Å²) in [5.74, 6) is -3.31. The fourth-order valence-corrected chi connectivity index (χ4v) is 1.71. The Balaban J connectivity index is 3.15. The van der Waals surface area contributed by atoms with Gasteiger partial charge in [0.15, 0.2) is 0 Å². The van der Waals surface area contributed by atoms with Gasteiger partial charge in [0.1, 0.15) is 0 Å². The average molecular weight is 253 g/mol. The molecule has 0 radical (unpaired) electrons. The number of carbonyl (C=O) groups is 2. The van der Waals surface area contributed by atoms with Crippen LogP contribution in [0.1, 0.15) is 24.3 Å². The minimum absolute atomic E-state index is 0.132. The third-order valence-corrected chi connectivity index (χ3v) is 2.42. The second kappa shape index (κ2) is 5.76. The Morgan fingerprint density at radius 3 is 2.11 bits per heavy atom. The molecular weight excluding hydrogens is 242 g/mol. The SMILES string of the molecule is O=C(O)CC(CC(=O)O)c1ccccc1[N+](=O)[O-]. The fraction of sp³-hybridized carbons (Fsp3) is 0.273. The molecule has 1 rings (SSSR count). The van der Waals surface area contributed by atoms with Gasteiger partial charge in [0.05, 0.1) is 17.8 Å². The molecule has 0 aromatic heterocycles. The van der Waals surface area contributed by atoms with Crippen LogP contribution in [0.4, 0.5) is 5.69 Å². The highest BCUT2D eigenvalue weighted by Gasteiger charge is 2.25. The van der Waals surface area contributed by atoms with E-state index in [0.29, 0.717) is 0 Å². The topological polar surface area (TPSA) is 118 Å². The first-order valence-corrected chi connectivity index (χ1v) is 5.08. The van der Waals surface area contributed by atoms with E-state index in [1.807, 2.05) is 0 Å². The molecule has 0 unspecified atom stereocenters. The van der Waals surface area contributed by atoms with Gasteiger partial charge < -0.3 is 10.2 Å². The number of para-hydroxylation sites is 1. The van der Waals surface area contributed by atoms with Gasteiger partial charge in [-0.1, -0.05) is 18.2 Å². The van der Waals surface area contributed by atoms with Crippen molar-refractivity contribution in [2.75, 3.05) is 0 Å². The molecule has 0 aliphatic heterocycles. The van der Waals surface area contributed by atoms with E-state index in [-0.39, 0.29) is 11.3 Å². The van der Waals surface area contributed by atoms with Gasteiger partial charge in [-0.3, -0.25) is 19.7 Å². The van der Waals surface area contributed by atoms with Crippen LogP contribution < -0.4 is 0 Å². The predicted molar refractivity (Wildman–Crippen MR) is 60.3 cm³/mol. The highest BCUT2D eigenvalue weighted by Crippen LogP contribution is 2.31. The Bertz CT molecular complexity index is 468. The number of carboxylic acids is 2. The molecule has 0 fully saturated rings. The molecule has 0 spiro atoms. The van der Waals surface area contributed by atoms with Gasteiger partial charge in [-0.2, -0.15) is 0 Å². The molecule has 7 heteroatoms. The minimum Gasteiger partial charge on any atom is -0.481 e. The molecule has 2 N–H and O–H groups in total. The minimum atomic E-state index is -1.19. The standard InChI is InChI=1S/C11H11NO6/c13-10(14)5-7(6-11(15)16)8-3-1-2-4-9(8)12(17)18/h1-4,7H,5-6H2,(H,13,14)(H,15,16). The third kappa shape index (κ3) is 3.55. The Morgan fingerprint density at radius 1 is 1.17 bits per heavy atom. The lowest BCUT2D eigenvalue weighted by Crippen LogP contribution is -2.12. The molecule has 7 nitrogen and oxygen atoms in total. The van der Waals surface area contributed by atoms with E-state index in [0.717, 1.165) is 0 Å². The van der Waals surface area contributed by atoms with Crippen molar-refractivity contribution >= 4 is 17.6 Å². The molecule has 1 aromatic carbocycles. The highest BCUT2D eigenvalue weighted by molar-refractivity contribution is 5.73. The van der Waals surface area contributed by atoms with Crippen LogP contribution in [0, 0.1) is 10.1 Å². The molecule has 0 atom stereocenters. The van der Waals surface area contributed by atoms with Crippen molar-refractivity contribution in [1.82, 2.24) is 0 Å². The number of benzene rings is 1. The van der Waals surface area contributed by atoms with Gasteiger partial charge in [0.25, 0.3) is 5.69 Å². The van der Waals surface area contributed by atoms with Crippen LogP contribution in [-0.4, -0.2) is 27.1 Å². The fourth-order valence-electron chi connectivity index (χ4n) is 1.71. The summed E-state index contributed by atoms with van der Waals surface area (Å²) in [5, 5.41) is 28.3. The Hall–Kier alpha value is -2.44. The number of nitro groups is 1. The number of nitro benzene ring substituents is 1. The summed E-state index contributed by atoms with van der Waals surface area (Å²) >= 11 is 0. The largest absolute Gasteiger partial charge is 0.481 e. The smallest absolute Gasteiger partial charge is 0.303 e. The maximum Gasteiger partial charge on any atom is 0.303 e. The van der Waals surface area contributed by atoms with Crippen LogP contribution in [0.3, 0.4) is 0 Å². The molecule has 0 saturated heterocycles. The zero-order valence-electron chi connectivity index (χ0n) is 9.28. The van der Waals surface area contributed by atoms with Crippen molar-refractivity contribution in [2.24, 2.45) is 0 Å². The van der Waals surface area contributed by atoms with Crippen LogP contribution >= 0.6 is 0 Å². The van der Waals surface area contributed by atoms with Gasteiger partial charge in [0, 0.05) is 17.5 Å². The number of hydrogen-bond donors (Lipinski definition) is 2. The van der Waals surface area contributed by atoms with Crippen LogP contribution in [0.2, 0.25) is 0 Å². The Kier molecular flexibility index (Phi) is 4.36. The van der Waals surface area contributed by atoms with Gasteiger partial charge in [-0.15, -0.1) is 0 Å². The van der Waals surface area contributed by atoms with Crippen LogP contribution in [0.15, 0.2) is 24.3 Å². The first kappa shape index (κ1) is 13.6. The van der Waals surface area contributed by atoms with E-state index in [9.17, 15) is 19.7 Å². The maximum atomic E-state index is 10.8. The normalized spacial score (nSPS) is 10.3. The number of carboxylic acid groups (broad SMARTS) is 2. The zero-order chi connectivity index (χ0) is 13.7. The summed E-state index contributed by atoms with van der Waals surface area (Å²) < 4.78 is 0. The van der Waals surface area contributed by atoms with E-state index in [1.165, 1.54) is 24.3 Å². The lowest BCUT2D eigenvalue weighted by Gasteiger charge is -2.12. The van der Waals surface area contributed by atoms with Crippen LogP contribution in [0.5, 0.6) is 0 Å². The lowest BCUT2D eigenvalue weighted by molar-refractivity contribution is -0.385. The lowest BCUT2D eigenvalue weighted by atomic mass is 9.91. The van der Waals surface area contributed by atoms with Gasteiger partial charge in [-0.05, 0) is 0 Å². The molecule has 0 saturated carbocycles. The summed E-state index contributed by atoms with van der Waals surface area (Å²) in [4.78, 5) is 31.5. The molecule has 0 bridgehead atoms. The molecule has 0 aliphatic carbocycles. The van der Waals surface area contributed by atoms with E-state index in [4.69, 9.17) is 10.2 Å². The number of nitrogens with zero attached hydrogens (tertiary/aromatic N) is 1. The van der Waals surface area contributed by atoms with Crippen molar-refractivity contribution in [2.45, 2.75) is 18.8 Å². The molecule has 0 aliphatic rings. The van der Waals surface area contributed by atoms with E-state index in [1.54, 1.807) is 0 Å². The second-order valence-corrected chi connectivity index (χ2v) is 3.71. The monoisotopic (exact) mass is 253 g/mol. The van der Waals surface area contributed by atoms with Crippen molar-refractivity contribution < 1.29 is 24.7 Å². The first-order valence-electron chi connectivity index (χ1n) is 5.08. The van der Waals surface area contributed by atoms with Gasteiger partial charge in [0.2, 0.25) is 0 Å². The molecule has 1 aromatic rings. The van der Waals surface area contributed by atoms with Gasteiger partial charge >= 0.3 is 11.9 Å². The summed E-state index contributed by atoms with van der Waals surface area (Å²) in [5.41, 5.74) is -0.127. The van der Waals surface area contributed by atoms with Gasteiger partial charge in [-0.25, -0.2) is 0 Å². The van der Waals surface area contributed by atoms with E-state index in [2.05, 4.69) is 0 Å². The third-order valence-electron chi connectivity index (χ3n) is 2.42. The van der Waals surface area contributed by atoms with Crippen LogP contribution in [-0.2, 0) is 9.59 Å². The summed E-state index contributed by atoms with van der Waals surface area (Å²) in [7, 11) is 0. The molecule has 0 heterocycles. The summed E-state index contributed by atoms with van der Waals surface area (Å²) in [6.45, 7) is 0. The summed E-state index contributed by atoms with van der Waals surface area (Å²) in [6.07, 6.45) is -0.922. The van der Waals surface area contributed by atoms with E-state index < -0.39 is 35.6 Å². The van der Waals surface area contributed by atoms with Crippen molar-refractivity contribution in [3.63, 3.8) is 0 Å². The average Bonchev–Trinajstić information content (AvgIpc) is 2.26. The highest BCUT2D eigenvalue weighted by atomic mass is 16.6. The van der Waals surface area contributed by atoms with Crippen molar-refractivity contribution in [3.8, 4) is 0 Å². The Labute approximate surface area is 102 Å². The van der Waals surface area contributed by atoms with Crippen molar-refractivity contribution in [3.05, 3.63) is 39.9 Å². The van der Waals surface area contributed by atoms with Crippen molar-refractivity contribution in [1.29, 1.82) is 0 Å². The molecule has 18 heavy (non-hydrogen) atoms. The number of hydrogen-bond acceptors (Lipinski definition) is 4. The Morgan fingerprint density at radius 2 is 1.67 bits per heavy atom. The molecule has 0 amide bonds. The first-order chi connectivity index (χ1) is 8.41. The van der Waals surface area contributed by atoms with E-state index >= 15 is 0 Å². The second-order valence-electron chi connectivity index (χ2n) is 3.71. The summed E-state index contributed by atoms with van der Waals surface area (Å²) in [6, 6.07) is 5.57.